The summed E-state index contributed by atoms with van der Waals surface area (Å²) in [5.41, 5.74) is 0. The van der Waals surface area contributed by atoms with Gasteiger partial charge in [0.05, 0.1) is 7.11 Å². The van der Waals surface area contributed by atoms with Gasteiger partial charge >= 0.3 is 5.97 Å². The normalized spacial score (nSPS) is 14.5. The molecule has 0 rings (SSSR count). The molecule has 0 amide bonds. The van der Waals surface area contributed by atoms with Gasteiger partial charge < -0.3 is 10.1 Å². The van der Waals surface area contributed by atoms with Crippen LogP contribution in [-0.2, 0) is 9.53 Å². The van der Waals surface area contributed by atoms with Crippen molar-refractivity contribution in [2.24, 2.45) is 11.8 Å². The van der Waals surface area contributed by atoms with Crippen LogP contribution in [0.5, 0.6) is 0 Å². The van der Waals surface area contributed by atoms with Gasteiger partial charge in [-0.2, -0.15) is 0 Å². The third-order valence-electron chi connectivity index (χ3n) is 4.19. The van der Waals surface area contributed by atoms with Crippen LogP contribution in [-0.4, -0.2) is 25.2 Å². The maximum Gasteiger partial charge on any atom is 0.323 e. The molecular formula is C18H37NO2. The number of esters is 1. The molecule has 1 N–H and O–H groups in total. The lowest BCUT2D eigenvalue weighted by atomic mass is 9.94. The van der Waals surface area contributed by atoms with Crippen LogP contribution in [0.1, 0.15) is 79.6 Å². The second-order valence-corrected chi connectivity index (χ2v) is 6.82. The van der Waals surface area contributed by atoms with Gasteiger partial charge in [0.1, 0.15) is 6.04 Å². The van der Waals surface area contributed by atoms with E-state index in [1.54, 1.807) is 0 Å². The molecule has 0 radical (unpaired) electrons. The lowest BCUT2D eigenvalue weighted by Crippen LogP contribution is -2.49. The van der Waals surface area contributed by atoms with Crippen molar-refractivity contribution in [1.29, 1.82) is 0 Å². The quantitative estimate of drug-likeness (QED) is 0.424. The zero-order valence-corrected chi connectivity index (χ0v) is 15.1. The Balaban J connectivity index is 4.24. The fourth-order valence-corrected chi connectivity index (χ4v) is 2.64. The zero-order valence-electron chi connectivity index (χ0n) is 15.1. The number of methoxy groups -OCH3 is 1. The molecule has 126 valence electrons. The summed E-state index contributed by atoms with van der Waals surface area (Å²) < 4.78 is 4.92. The van der Waals surface area contributed by atoms with Crippen molar-refractivity contribution in [2.45, 2.75) is 91.6 Å². The second-order valence-electron chi connectivity index (χ2n) is 6.82. The van der Waals surface area contributed by atoms with Crippen LogP contribution in [0.4, 0.5) is 0 Å². The number of ether oxygens (including phenoxy) is 1. The maximum atomic E-state index is 11.9. The van der Waals surface area contributed by atoms with Crippen LogP contribution in [0.2, 0.25) is 0 Å². The first-order chi connectivity index (χ1) is 9.93. The van der Waals surface area contributed by atoms with E-state index in [2.05, 4.69) is 39.9 Å². The third-order valence-corrected chi connectivity index (χ3v) is 4.19. The number of hydrogen-bond acceptors (Lipinski definition) is 3. The average Bonchev–Trinajstić information content (AvgIpc) is 2.44. The third kappa shape index (κ3) is 9.13. The summed E-state index contributed by atoms with van der Waals surface area (Å²) in [6.07, 6.45) is 9.02. The highest BCUT2D eigenvalue weighted by molar-refractivity contribution is 5.75. The molecule has 2 atom stereocenters. The first-order valence-electron chi connectivity index (χ1n) is 8.77. The highest BCUT2D eigenvalue weighted by atomic mass is 16.5. The lowest BCUT2D eigenvalue weighted by molar-refractivity contribution is -0.144. The summed E-state index contributed by atoms with van der Waals surface area (Å²) in [6, 6.07) is 0.199. The minimum atomic E-state index is -0.192. The second kappa shape index (κ2) is 12.0. The zero-order chi connectivity index (χ0) is 16.3. The molecule has 0 aromatic carbocycles. The van der Waals surface area contributed by atoms with Crippen LogP contribution < -0.4 is 5.32 Å². The minimum Gasteiger partial charge on any atom is -0.468 e. The van der Waals surface area contributed by atoms with E-state index in [9.17, 15) is 4.79 Å². The Morgan fingerprint density at radius 2 is 1.52 bits per heavy atom. The van der Waals surface area contributed by atoms with E-state index in [1.807, 2.05) is 0 Å². The van der Waals surface area contributed by atoms with Gasteiger partial charge in [-0.05, 0) is 18.3 Å². The predicted molar refractivity (Wildman–Crippen MR) is 90.4 cm³/mol. The standard InChI is InChI=1S/C18H37NO2/c1-7-8-9-10-11-12-13-16(14(2)3)19-17(15(4)5)18(20)21-6/h14-17,19H,7-13H2,1-6H3/t16-,17-/m0/s1. The Morgan fingerprint density at radius 3 is 2.00 bits per heavy atom. The Labute approximate surface area is 132 Å². The van der Waals surface area contributed by atoms with Crippen molar-refractivity contribution < 1.29 is 9.53 Å². The summed E-state index contributed by atoms with van der Waals surface area (Å²) in [7, 11) is 1.47. The molecule has 0 aromatic heterocycles. The number of hydrogen-bond donors (Lipinski definition) is 1. The molecule has 3 nitrogen and oxygen atoms in total. The minimum absolute atomic E-state index is 0.140. The first-order valence-corrected chi connectivity index (χ1v) is 8.77. The fourth-order valence-electron chi connectivity index (χ4n) is 2.64. The summed E-state index contributed by atoms with van der Waals surface area (Å²) >= 11 is 0. The highest BCUT2D eigenvalue weighted by Crippen LogP contribution is 2.16. The summed E-state index contributed by atoms with van der Waals surface area (Å²) in [5.74, 6) is 0.647. The summed E-state index contributed by atoms with van der Waals surface area (Å²) in [5, 5.41) is 3.53. The van der Waals surface area contributed by atoms with Crippen molar-refractivity contribution in [3.05, 3.63) is 0 Å². The maximum absolute atomic E-state index is 11.9. The van der Waals surface area contributed by atoms with Gasteiger partial charge in [-0.1, -0.05) is 73.1 Å². The van der Waals surface area contributed by atoms with Crippen LogP contribution >= 0.6 is 0 Å². The van der Waals surface area contributed by atoms with Crippen LogP contribution in [0, 0.1) is 11.8 Å². The smallest absolute Gasteiger partial charge is 0.323 e. The van der Waals surface area contributed by atoms with Gasteiger partial charge in [-0.3, -0.25) is 4.79 Å². The van der Waals surface area contributed by atoms with E-state index in [0.717, 1.165) is 6.42 Å². The molecule has 0 aliphatic heterocycles. The predicted octanol–water partition coefficient (Wildman–Crippen LogP) is 4.55. The van der Waals surface area contributed by atoms with E-state index in [4.69, 9.17) is 4.74 Å². The molecule has 0 bridgehead atoms. The van der Waals surface area contributed by atoms with Gasteiger partial charge in [-0.15, -0.1) is 0 Å². The van der Waals surface area contributed by atoms with Crippen molar-refractivity contribution in [3.8, 4) is 0 Å². The Morgan fingerprint density at radius 1 is 0.952 bits per heavy atom. The fraction of sp³-hybridized carbons (Fsp3) is 0.944. The van der Waals surface area contributed by atoms with E-state index in [1.165, 1.54) is 45.6 Å². The van der Waals surface area contributed by atoms with Gasteiger partial charge in [0.15, 0.2) is 0 Å². The van der Waals surface area contributed by atoms with Crippen LogP contribution in [0.3, 0.4) is 0 Å². The van der Waals surface area contributed by atoms with Crippen molar-refractivity contribution in [2.75, 3.05) is 7.11 Å². The number of carbonyl (C=O) groups excluding carboxylic acids is 1. The van der Waals surface area contributed by atoms with E-state index >= 15 is 0 Å². The molecule has 0 aromatic rings. The van der Waals surface area contributed by atoms with Gasteiger partial charge in [0.2, 0.25) is 0 Å². The number of unbranched alkanes of at least 4 members (excludes halogenated alkanes) is 5. The lowest BCUT2D eigenvalue weighted by Gasteiger charge is -2.29. The van der Waals surface area contributed by atoms with E-state index < -0.39 is 0 Å². The van der Waals surface area contributed by atoms with Crippen LogP contribution in [0.25, 0.3) is 0 Å². The highest BCUT2D eigenvalue weighted by Gasteiger charge is 2.26. The molecule has 0 heterocycles. The topological polar surface area (TPSA) is 38.3 Å². The molecule has 3 heteroatoms. The van der Waals surface area contributed by atoms with Crippen molar-refractivity contribution in [3.63, 3.8) is 0 Å². The number of nitrogens with one attached hydrogen (secondary N) is 1. The van der Waals surface area contributed by atoms with Crippen molar-refractivity contribution >= 4 is 5.97 Å². The van der Waals surface area contributed by atoms with Gasteiger partial charge in [0.25, 0.3) is 0 Å². The Kier molecular flexibility index (Phi) is 11.7. The molecular weight excluding hydrogens is 262 g/mol. The Hall–Kier alpha value is -0.570. The summed E-state index contributed by atoms with van der Waals surface area (Å²) in [6.45, 7) is 10.8. The molecule has 0 spiro atoms. The summed E-state index contributed by atoms with van der Waals surface area (Å²) in [4.78, 5) is 11.9. The van der Waals surface area contributed by atoms with E-state index in [-0.39, 0.29) is 17.9 Å². The van der Waals surface area contributed by atoms with Gasteiger partial charge in [-0.25, -0.2) is 0 Å². The molecule has 0 unspecified atom stereocenters. The number of rotatable bonds is 12. The molecule has 0 fully saturated rings. The van der Waals surface area contributed by atoms with Crippen LogP contribution in [0.15, 0.2) is 0 Å². The monoisotopic (exact) mass is 299 g/mol. The van der Waals surface area contributed by atoms with E-state index in [0.29, 0.717) is 12.0 Å². The van der Waals surface area contributed by atoms with Gasteiger partial charge in [0, 0.05) is 6.04 Å². The number of carbonyl (C=O) groups is 1. The largest absolute Gasteiger partial charge is 0.468 e. The molecule has 0 saturated heterocycles. The Bertz CT molecular complexity index is 264. The molecule has 0 saturated carbocycles. The molecule has 0 aliphatic carbocycles. The van der Waals surface area contributed by atoms with Crippen molar-refractivity contribution in [1.82, 2.24) is 5.32 Å². The molecule has 21 heavy (non-hydrogen) atoms. The SMILES string of the molecule is CCCCCCCC[C@H](N[C@H](C(=O)OC)C(C)C)C(C)C. The first kappa shape index (κ1) is 20.4. The molecule has 0 aliphatic rings. The average molecular weight is 299 g/mol.